The fraction of sp³-hybridized carbons (Fsp3) is 0.348. The van der Waals surface area contributed by atoms with Crippen LogP contribution in [0.5, 0.6) is 11.5 Å². The second-order valence-electron chi connectivity index (χ2n) is 6.58. The molecule has 0 atom stereocenters. The fourth-order valence-electron chi connectivity index (χ4n) is 3.40. The lowest BCUT2D eigenvalue weighted by Crippen LogP contribution is -2.35. The molecule has 0 radical (unpaired) electrons. The lowest BCUT2D eigenvalue weighted by molar-refractivity contribution is -0.136. The molecule has 0 bridgehead atoms. The first kappa shape index (κ1) is 20.6. The van der Waals surface area contributed by atoms with Crippen molar-refractivity contribution in [1.29, 1.82) is 0 Å². The number of allylic oxidation sites excluding steroid dienone is 1. The maximum atomic E-state index is 11.5. The van der Waals surface area contributed by atoms with Gasteiger partial charge in [0.15, 0.2) is 0 Å². The molecule has 2 aromatic carbocycles. The number of carboxylic acids is 1. The van der Waals surface area contributed by atoms with Crippen LogP contribution in [0.2, 0.25) is 0 Å². The number of benzene rings is 2. The summed E-state index contributed by atoms with van der Waals surface area (Å²) in [7, 11) is 0. The van der Waals surface area contributed by atoms with Crippen molar-refractivity contribution >= 4 is 17.2 Å². The number of carboxylic acid groups (broad SMARTS) is 1. The van der Waals surface area contributed by atoms with E-state index in [2.05, 4.69) is 11.0 Å². The molecular formula is C23H27NO5. The minimum absolute atomic E-state index is 0.00894. The van der Waals surface area contributed by atoms with E-state index in [-0.39, 0.29) is 5.76 Å². The average Bonchev–Trinajstić information content (AvgIpc) is 2.74. The molecule has 6 nitrogen and oxygen atoms in total. The first-order valence-corrected chi connectivity index (χ1v) is 9.93. The van der Waals surface area contributed by atoms with Crippen LogP contribution in [0, 0.1) is 0 Å². The van der Waals surface area contributed by atoms with E-state index >= 15 is 0 Å². The van der Waals surface area contributed by atoms with Gasteiger partial charge in [0.25, 0.3) is 0 Å². The molecule has 0 aromatic heterocycles. The molecular weight excluding hydrogens is 370 g/mol. The quantitative estimate of drug-likeness (QED) is 0.505. The van der Waals surface area contributed by atoms with Crippen LogP contribution < -0.4 is 14.4 Å². The van der Waals surface area contributed by atoms with Gasteiger partial charge in [-0.3, -0.25) is 0 Å². The van der Waals surface area contributed by atoms with Gasteiger partial charge >= 0.3 is 5.97 Å². The summed E-state index contributed by atoms with van der Waals surface area (Å²) < 4.78 is 16.9. The summed E-state index contributed by atoms with van der Waals surface area (Å²) in [5, 5.41) is 9.41. The summed E-state index contributed by atoms with van der Waals surface area (Å²) in [6.45, 7) is 6.82. The van der Waals surface area contributed by atoms with Crippen LogP contribution in [0.15, 0.2) is 54.3 Å². The first-order valence-electron chi connectivity index (χ1n) is 9.93. The molecule has 0 saturated heterocycles. The van der Waals surface area contributed by atoms with Gasteiger partial charge in [0.2, 0.25) is 5.76 Å². The van der Waals surface area contributed by atoms with Gasteiger partial charge in [0.1, 0.15) is 24.7 Å². The molecule has 154 valence electrons. The number of carbonyl (C=O) groups is 1. The third-order valence-corrected chi connectivity index (χ3v) is 4.77. The van der Waals surface area contributed by atoms with Gasteiger partial charge in [0, 0.05) is 5.57 Å². The molecule has 6 heteroatoms. The Morgan fingerprint density at radius 1 is 1.14 bits per heavy atom. The van der Waals surface area contributed by atoms with Crippen molar-refractivity contribution in [1.82, 2.24) is 0 Å². The number of ether oxygens (including phenoxy) is 3. The van der Waals surface area contributed by atoms with Crippen molar-refractivity contribution in [2.75, 3.05) is 37.8 Å². The smallest absolute Gasteiger partial charge is 0.371 e. The Balaban J connectivity index is 1.63. The summed E-state index contributed by atoms with van der Waals surface area (Å²) in [4.78, 5) is 13.7. The van der Waals surface area contributed by atoms with E-state index < -0.39 is 5.97 Å². The minimum atomic E-state index is -1.05. The Morgan fingerprint density at radius 3 is 2.59 bits per heavy atom. The molecule has 1 N–H and O–H groups in total. The van der Waals surface area contributed by atoms with E-state index in [9.17, 15) is 9.90 Å². The molecule has 29 heavy (non-hydrogen) atoms. The Kier molecular flexibility index (Phi) is 7.00. The molecule has 1 heterocycles. The number of rotatable bonds is 9. The topological polar surface area (TPSA) is 68.2 Å². The lowest BCUT2D eigenvalue weighted by atomic mass is 10.0. The van der Waals surface area contributed by atoms with Crippen molar-refractivity contribution in [3.63, 3.8) is 0 Å². The Hall–Kier alpha value is -3.15. The SMILES string of the molecule is CCOC(C(=O)O)=C(CC)c1ccc(OCCN2CCOc3ccccc32)cc1. The van der Waals surface area contributed by atoms with Crippen LogP contribution >= 0.6 is 0 Å². The number of fused-ring (bicyclic) bond motifs is 1. The van der Waals surface area contributed by atoms with Crippen molar-refractivity contribution in [3.05, 3.63) is 59.9 Å². The third-order valence-electron chi connectivity index (χ3n) is 4.77. The number of aliphatic carboxylic acids is 1. The van der Waals surface area contributed by atoms with Gasteiger partial charge in [-0.1, -0.05) is 31.2 Å². The highest BCUT2D eigenvalue weighted by Gasteiger charge is 2.18. The number of nitrogens with zero attached hydrogens (tertiary/aromatic N) is 1. The maximum Gasteiger partial charge on any atom is 0.371 e. The summed E-state index contributed by atoms with van der Waals surface area (Å²) in [5.74, 6) is 0.619. The monoisotopic (exact) mass is 397 g/mol. The van der Waals surface area contributed by atoms with Gasteiger partial charge in [-0.05, 0) is 43.2 Å². The predicted octanol–water partition coefficient (Wildman–Crippen LogP) is 4.21. The molecule has 0 fully saturated rings. The van der Waals surface area contributed by atoms with Gasteiger partial charge < -0.3 is 24.2 Å². The summed E-state index contributed by atoms with van der Waals surface area (Å²) in [6.07, 6.45) is 0.568. The number of anilines is 1. The van der Waals surface area contributed by atoms with Crippen LogP contribution in [0.3, 0.4) is 0 Å². The van der Waals surface area contributed by atoms with Gasteiger partial charge in [-0.25, -0.2) is 4.79 Å². The molecule has 2 aromatic rings. The second kappa shape index (κ2) is 9.87. The zero-order chi connectivity index (χ0) is 20.6. The Bertz CT molecular complexity index is 860. The van der Waals surface area contributed by atoms with E-state index in [1.54, 1.807) is 6.92 Å². The zero-order valence-electron chi connectivity index (χ0n) is 16.9. The van der Waals surface area contributed by atoms with Crippen LogP contribution in [0.25, 0.3) is 5.57 Å². The molecule has 0 spiro atoms. The van der Waals surface area contributed by atoms with E-state index in [4.69, 9.17) is 14.2 Å². The predicted molar refractivity (Wildman–Crippen MR) is 113 cm³/mol. The zero-order valence-corrected chi connectivity index (χ0v) is 16.9. The van der Waals surface area contributed by atoms with Crippen LogP contribution in [0.1, 0.15) is 25.8 Å². The van der Waals surface area contributed by atoms with E-state index in [1.807, 2.05) is 49.4 Å². The average molecular weight is 397 g/mol. The van der Waals surface area contributed by atoms with Gasteiger partial charge in [-0.15, -0.1) is 0 Å². The fourth-order valence-corrected chi connectivity index (χ4v) is 3.40. The number of para-hydroxylation sites is 2. The molecule has 0 amide bonds. The van der Waals surface area contributed by atoms with E-state index in [0.29, 0.717) is 31.8 Å². The second-order valence-corrected chi connectivity index (χ2v) is 6.58. The lowest BCUT2D eigenvalue weighted by Gasteiger charge is -2.31. The highest BCUT2D eigenvalue weighted by Crippen LogP contribution is 2.30. The van der Waals surface area contributed by atoms with Crippen LogP contribution in [0.4, 0.5) is 5.69 Å². The Labute approximate surface area is 171 Å². The number of hydrogen-bond donors (Lipinski definition) is 1. The number of hydrogen-bond acceptors (Lipinski definition) is 5. The van der Waals surface area contributed by atoms with Crippen molar-refractivity contribution < 1.29 is 24.1 Å². The normalized spacial score (nSPS) is 13.8. The molecule has 1 aliphatic heterocycles. The minimum Gasteiger partial charge on any atom is -0.492 e. The third kappa shape index (κ3) is 5.02. The molecule has 0 aliphatic carbocycles. The van der Waals surface area contributed by atoms with Gasteiger partial charge in [-0.2, -0.15) is 0 Å². The molecule has 0 saturated carbocycles. The molecule has 0 unspecified atom stereocenters. The van der Waals surface area contributed by atoms with Crippen LogP contribution in [-0.4, -0.2) is 44.0 Å². The standard InChI is InChI=1S/C23H27NO5/c1-3-19(22(23(25)26)27-4-2)17-9-11-18(12-10-17)28-15-13-24-14-16-29-21-8-6-5-7-20(21)24/h5-12H,3-4,13-16H2,1-2H3,(H,25,26). The first-order chi connectivity index (χ1) is 14.1. The maximum absolute atomic E-state index is 11.5. The highest BCUT2D eigenvalue weighted by molar-refractivity contribution is 5.94. The summed E-state index contributed by atoms with van der Waals surface area (Å²) in [6, 6.07) is 15.5. The van der Waals surface area contributed by atoms with Gasteiger partial charge in [0.05, 0.1) is 25.4 Å². The molecule has 1 aliphatic rings. The summed E-state index contributed by atoms with van der Waals surface area (Å²) in [5.41, 5.74) is 2.59. The Morgan fingerprint density at radius 2 is 1.90 bits per heavy atom. The van der Waals surface area contributed by atoms with Crippen molar-refractivity contribution in [2.24, 2.45) is 0 Å². The van der Waals surface area contributed by atoms with Crippen molar-refractivity contribution in [3.8, 4) is 11.5 Å². The largest absolute Gasteiger partial charge is 0.492 e. The van der Waals surface area contributed by atoms with E-state index in [0.717, 1.165) is 35.8 Å². The molecule has 3 rings (SSSR count). The highest BCUT2D eigenvalue weighted by atomic mass is 16.5. The van der Waals surface area contributed by atoms with E-state index in [1.165, 1.54) is 0 Å². The van der Waals surface area contributed by atoms with Crippen molar-refractivity contribution in [2.45, 2.75) is 20.3 Å². The van der Waals surface area contributed by atoms with Crippen LogP contribution in [-0.2, 0) is 9.53 Å². The summed E-state index contributed by atoms with van der Waals surface area (Å²) >= 11 is 0.